The third-order valence-corrected chi connectivity index (χ3v) is 5.59. The van der Waals surface area contributed by atoms with E-state index in [1.54, 1.807) is 16.2 Å². The molecule has 1 unspecified atom stereocenters. The Balaban J connectivity index is 2.04. The zero-order chi connectivity index (χ0) is 15.6. The van der Waals surface area contributed by atoms with Gasteiger partial charge in [-0.05, 0) is 48.0 Å². The topological polar surface area (TPSA) is 40.6 Å². The molecule has 21 heavy (non-hydrogen) atoms. The summed E-state index contributed by atoms with van der Waals surface area (Å²) >= 11 is 5.02. The summed E-state index contributed by atoms with van der Waals surface area (Å²) in [5.41, 5.74) is 0. The molecule has 1 saturated heterocycles. The molecule has 0 aliphatic carbocycles. The number of halogens is 1. The zero-order valence-electron chi connectivity index (χ0n) is 12.2. The maximum atomic E-state index is 12.7. The molecule has 1 fully saturated rings. The lowest BCUT2D eigenvalue weighted by molar-refractivity contribution is -0.141. The van der Waals surface area contributed by atoms with Gasteiger partial charge in [-0.25, -0.2) is 0 Å². The second-order valence-corrected chi connectivity index (χ2v) is 7.73. The lowest BCUT2D eigenvalue weighted by atomic mass is 10.1. The first kappa shape index (κ1) is 16.2. The van der Waals surface area contributed by atoms with E-state index < -0.39 is 0 Å². The molecule has 0 bridgehead atoms. The molecule has 1 aliphatic heterocycles. The van der Waals surface area contributed by atoms with E-state index in [2.05, 4.69) is 22.5 Å². The number of amides is 2. The van der Waals surface area contributed by atoms with Gasteiger partial charge in [-0.15, -0.1) is 11.3 Å². The summed E-state index contributed by atoms with van der Waals surface area (Å²) in [6, 6.07) is 3.98. The number of thiophene rings is 1. The molecule has 1 aromatic rings. The monoisotopic (exact) mass is 370 g/mol. The summed E-state index contributed by atoms with van der Waals surface area (Å²) in [7, 11) is 0. The highest BCUT2D eigenvalue weighted by molar-refractivity contribution is 9.11. The Morgan fingerprint density at radius 3 is 2.71 bits per heavy atom. The van der Waals surface area contributed by atoms with Crippen LogP contribution in [0, 0.1) is 0 Å². The lowest BCUT2D eigenvalue weighted by Crippen LogP contribution is -2.55. The molecular weight excluding hydrogens is 352 g/mol. The van der Waals surface area contributed by atoms with Crippen molar-refractivity contribution in [2.45, 2.75) is 25.8 Å². The lowest BCUT2D eigenvalue weighted by Gasteiger charge is -2.40. The van der Waals surface area contributed by atoms with Gasteiger partial charge in [0.1, 0.15) is 0 Å². The number of hydrogen-bond donors (Lipinski definition) is 0. The highest BCUT2D eigenvalue weighted by Crippen LogP contribution is 2.30. The van der Waals surface area contributed by atoms with Crippen molar-refractivity contribution in [2.75, 3.05) is 19.6 Å². The highest BCUT2D eigenvalue weighted by Gasteiger charge is 2.32. The quantitative estimate of drug-likeness (QED) is 0.767. The Kier molecular flexibility index (Phi) is 5.22. The van der Waals surface area contributed by atoms with E-state index in [0.29, 0.717) is 19.6 Å². The van der Waals surface area contributed by atoms with Gasteiger partial charge in [0, 0.05) is 30.6 Å². The van der Waals surface area contributed by atoms with E-state index in [0.717, 1.165) is 8.66 Å². The van der Waals surface area contributed by atoms with Crippen molar-refractivity contribution in [1.82, 2.24) is 9.80 Å². The van der Waals surface area contributed by atoms with Crippen LogP contribution in [-0.4, -0.2) is 47.3 Å². The van der Waals surface area contributed by atoms with Gasteiger partial charge in [0.2, 0.25) is 11.8 Å². The average molecular weight is 371 g/mol. The first-order valence-electron chi connectivity index (χ1n) is 6.91. The van der Waals surface area contributed by atoms with Gasteiger partial charge < -0.3 is 9.80 Å². The number of rotatable bonds is 3. The second-order valence-electron chi connectivity index (χ2n) is 5.23. The van der Waals surface area contributed by atoms with Crippen molar-refractivity contribution in [1.29, 1.82) is 0 Å². The number of carbonyl (C=O) groups is 2. The molecule has 2 atom stereocenters. The van der Waals surface area contributed by atoms with E-state index >= 15 is 0 Å². The molecule has 0 spiro atoms. The Hall–Kier alpha value is -1.14. The molecule has 114 valence electrons. The van der Waals surface area contributed by atoms with Crippen LogP contribution in [0.2, 0.25) is 0 Å². The summed E-state index contributed by atoms with van der Waals surface area (Å²) in [6.45, 7) is 9.15. The van der Waals surface area contributed by atoms with Crippen LogP contribution in [-0.2, 0) is 9.59 Å². The largest absolute Gasteiger partial charge is 0.336 e. The van der Waals surface area contributed by atoms with E-state index in [1.807, 2.05) is 30.9 Å². The van der Waals surface area contributed by atoms with Crippen molar-refractivity contribution in [2.24, 2.45) is 0 Å². The van der Waals surface area contributed by atoms with Gasteiger partial charge in [-0.3, -0.25) is 9.59 Å². The Labute approximate surface area is 137 Å². The number of hydrogen-bond acceptors (Lipinski definition) is 3. The summed E-state index contributed by atoms with van der Waals surface area (Å²) in [5, 5.41) is 0. The van der Waals surface area contributed by atoms with Crippen LogP contribution in [0.4, 0.5) is 0 Å². The summed E-state index contributed by atoms with van der Waals surface area (Å²) in [5.74, 6) is -0.0860. The maximum absolute atomic E-state index is 12.7. The Bertz CT molecular complexity index is 558. The third-order valence-electron chi connectivity index (χ3n) is 3.79. The maximum Gasteiger partial charge on any atom is 0.246 e. The minimum Gasteiger partial charge on any atom is -0.336 e. The number of nitrogens with zero attached hydrogens (tertiary/aromatic N) is 2. The molecular formula is C15H19BrN2O2S. The van der Waals surface area contributed by atoms with Crippen molar-refractivity contribution in [3.63, 3.8) is 0 Å². The van der Waals surface area contributed by atoms with Crippen molar-refractivity contribution < 1.29 is 9.59 Å². The van der Waals surface area contributed by atoms with E-state index in [9.17, 15) is 9.59 Å². The minimum atomic E-state index is -0.148. The Morgan fingerprint density at radius 1 is 1.48 bits per heavy atom. The van der Waals surface area contributed by atoms with Crippen LogP contribution in [0.3, 0.4) is 0 Å². The van der Waals surface area contributed by atoms with Crippen LogP contribution < -0.4 is 0 Å². The molecule has 1 aliphatic rings. The van der Waals surface area contributed by atoms with Crippen molar-refractivity contribution >= 4 is 39.1 Å². The van der Waals surface area contributed by atoms with E-state index in [4.69, 9.17) is 0 Å². The predicted octanol–water partition coefficient (Wildman–Crippen LogP) is 2.86. The van der Waals surface area contributed by atoms with E-state index in [1.165, 1.54) is 6.08 Å². The first-order chi connectivity index (χ1) is 9.93. The molecule has 0 saturated carbocycles. The van der Waals surface area contributed by atoms with Crippen molar-refractivity contribution in [3.05, 3.63) is 33.5 Å². The fraction of sp³-hybridized carbons (Fsp3) is 0.467. The second kappa shape index (κ2) is 6.75. The van der Waals surface area contributed by atoms with Crippen molar-refractivity contribution in [3.8, 4) is 0 Å². The predicted molar refractivity (Wildman–Crippen MR) is 88.4 cm³/mol. The molecule has 2 rings (SSSR count). The normalized spacial score (nSPS) is 20.2. The number of piperazine rings is 1. The third kappa shape index (κ3) is 3.55. The summed E-state index contributed by atoms with van der Waals surface area (Å²) in [4.78, 5) is 29.0. The first-order valence-corrected chi connectivity index (χ1v) is 8.52. The fourth-order valence-electron chi connectivity index (χ4n) is 2.55. The van der Waals surface area contributed by atoms with E-state index in [-0.39, 0.29) is 23.8 Å². The SMILES string of the molecule is C=CC(=O)N1CCN(C(=O)C(C)c2ccc(Br)s2)[C@@H](C)C1. The van der Waals surface area contributed by atoms with Gasteiger partial charge in [0.05, 0.1) is 9.70 Å². The molecule has 4 nitrogen and oxygen atoms in total. The van der Waals surface area contributed by atoms with Gasteiger partial charge in [-0.2, -0.15) is 0 Å². The van der Waals surface area contributed by atoms with Gasteiger partial charge in [0.15, 0.2) is 0 Å². The van der Waals surface area contributed by atoms with Crippen LogP contribution in [0.1, 0.15) is 24.6 Å². The smallest absolute Gasteiger partial charge is 0.246 e. The molecule has 1 aromatic heterocycles. The molecule has 0 aromatic carbocycles. The van der Waals surface area contributed by atoms with Gasteiger partial charge in [-0.1, -0.05) is 6.58 Å². The minimum absolute atomic E-state index is 0.0287. The Morgan fingerprint density at radius 2 is 2.19 bits per heavy atom. The molecule has 2 amide bonds. The van der Waals surface area contributed by atoms with Gasteiger partial charge in [0.25, 0.3) is 0 Å². The zero-order valence-corrected chi connectivity index (χ0v) is 14.6. The molecule has 0 N–H and O–H groups in total. The average Bonchev–Trinajstić information content (AvgIpc) is 2.91. The summed E-state index contributed by atoms with van der Waals surface area (Å²) < 4.78 is 1.03. The molecule has 6 heteroatoms. The van der Waals surface area contributed by atoms with Crippen LogP contribution in [0.5, 0.6) is 0 Å². The van der Waals surface area contributed by atoms with Gasteiger partial charge >= 0.3 is 0 Å². The standard InChI is InChI=1S/C15H19BrN2O2S/c1-4-14(19)17-7-8-18(10(2)9-17)15(20)11(3)12-5-6-13(16)21-12/h4-6,10-11H,1,7-9H2,2-3H3/t10-,11?/m0/s1. The molecule has 0 radical (unpaired) electrons. The molecule has 2 heterocycles. The fourth-order valence-corrected chi connectivity index (χ4v) is 4.01. The number of carbonyl (C=O) groups excluding carboxylic acids is 2. The van der Waals surface area contributed by atoms with Crippen LogP contribution in [0.25, 0.3) is 0 Å². The highest BCUT2D eigenvalue weighted by atomic mass is 79.9. The van der Waals surface area contributed by atoms with Crippen LogP contribution in [0.15, 0.2) is 28.6 Å². The van der Waals surface area contributed by atoms with Crippen LogP contribution >= 0.6 is 27.3 Å². The summed E-state index contributed by atoms with van der Waals surface area (Å²) in [6.07, 6.45) is 1.33.